The fraction of sp³-hybridized carbons (Fsp3) is 1.00. The maximum Gasteiger partial charge on any atom is 0.0307 e. The summed E-state index contributed by atoms with van der Waals surface area (Å²) in [7, 11) is 1.08. The molecule has 0 aliphatic heterocycles. The Morgan fingerprint density at radius 2 is 0.857 bits per heavy atom. The molecule has 0 aliphatic carbocycles. The van der Waals surface area contributed by atoms with Crippen molar-refractivity contribution in [2.24, 2.45) is 0 Å². The summed E-state index contributed by atoms with van der Waals surface area (Å²) in [5.74, 6) is 0. The zero-order valence-corrected chi connectivity index (χ0v) is 15.9. The monoisotopic (exact) mass is 440 g/mol. The van der Waals surface area contributed by atoms with Crippen LogP contribution in [0.2, 0.25) is 13.1 Å². The molecule has 0 rings (SSSR count). The Morgan fingerprint density at radius 1 is 0.857 bits per heavy atom. The molecule has 0 bridgehead atoms. The minimum Gasteiger partial charge on any atom is -1.00 e. The summed E-state index contributed by atoms with van der Waals surface area (Å²) >= 11 is 0. The molecule has 0 saturated heterocycles. The molecule has 0 heterocycles. The van der Waals surface area contributed by atoms with Gasteiger partial charge in [-0.05, 0) is 0 Å². The predicted molar refractivity (Wildman–Crippen MR) is 17.5 cm³/mol. The van der Waals surface area contributed by atoms with Crippen LogP contribution in [0.1, 0.15) is 0 Å². The average molecular weight is 443 g/mol. The van der Waals surface area contributed by atoms with Crippen LogP contribution >= 0.6 is 0 Å². The number of hydrogen-bond acceptors (Lipinski definition) is 0. The Hall–Kier alpha value is 2.92. The molecule has 0 saturated carbocycles. The summed E-state index contributed by atoms with van der Waals surface area (Å²) in [6.07, 6.45) is 0. The van der Waals surface area contributed by atoms with Gasteiger partial charge < -0.3 is 48.0 Å². The van der Waals surface area contributed by atoms with Gasteiger partial charge in [-0.15, -0.1) is 0 Å². The Bertz CT molecular complexity index is 13.7. The molecule has 0 atom stereocenters. The molecule has 7 heavy (non-hydrogen) atoms. The Morgan fingerprint density at radius 3 is 0.857 bits per heavy atom. The SMILES string of the molecule is C[Si]C.[I-].[I-].[Zn].[Zn]. The van der Waals surface area contributed by atoms with Crippen LogP contribution in [-0.2, 0) is 39.0 Å². The summed E-state index contributed by atoms with van der Waals surface area (Å²) in [5, 5.41) is 0. The first kappa shape index (κ1) is 32.6. The van der Waals surface area contributed by atoms with E-state index in [1.54, 1.807) is 0 Å². The molecular weight excluding hydrogens is 437 g/mol. The topological polar surface area (TPSA) is 0 Å². The standard InChI is InChI=1S/C2H6Si.2HI.2Zn/c1-3-2;;;;/h1-2H3;2*1H;;/p-2. The van der Waals surface area contributed by atoms with Crippen LogP contribution in [0.4, 0.5) is 0 Å². The average Bonchev–Trinajstić information content (AvgIpc) is 0.918. The molecule has 0 unspecified atom stereocenters. The number of hydrogen-bond donors (Lipinski definition) is 0. The summed E-state index contributed by atoms with van der Waals surface area (Å²) in [4.78, 5) is 0. The fourth-order valence-electron chi connectivity index (χ4n) is 0. The molecule has 5 heteroatoms. The molecule has 0 nitrogen and oxygen atoms in total. The van der Waals surface area contributed by atoms with Crippen LogP contribution in [0.3, 0.4) is 0 Å². The van der Waals surface area contributed by atoms with Gasteiger partial charge in [-0.25, -0.2) is 0 Å². The van der Waals surface area contributed by atoms with Gasteiger partial charge in [0.2, 0.25) is 0 Å². The van der Waals surface area contributed by atoms with Crippen molar-refractivity contribution < 1.29 is 86.9 Å². The summed E-state index contributed by atoms with van der Waals surface area (Å²) in [6, 6.07) is 0. The van der Waals surface area contributed by atoms with Gasteiger partial charge in [0.15, 0.2) is 0 Å². The van der Waals surface area contributed by atoms with Gasteiger partial charge >= 0.3 is 0 Å². The van der Waals surface area contributed by atoms with Crippen LogP contribution in [0.5, 0.6) is 0 Å². The zero-order valence-electron chi connectivity index (χ0n) is 4.67. The molecule has 0 aromatic rings. The molecule has 38 valence electrons. The van der Waals surface area contributed by atoms with E-state index in [4.69, 9.17) is 0 Å². The van der Waals surface area contributed by atoms with Gasteiger partial charge in [0, 0.05) is 48.5 Å². The van der Waals surface area contributed by atoms with Crippen molar-refractivity contribution in [3.8, 4) is 0 Å². The van der Waals surface area contributed by atoms with E-state index in [1.165, 1.54) is 0 Å². The first-order chi connectivity index (χ1) is 1.41. The van der Waals surface area contributed by atoms with Crippen LogP contribution < -0.4 is 48.0 Å². The molecule has 0 aromatic heterocycles. The van der Waals surface area contributed by atoms with E-state index in [2.05, 4.69) is 13.1 Å². The largest absolute Gasteiger partial charge is 1.00 e. The molecule has 0 spiro atoms. The summed E-state index contributed by atoms with van der Waals surface area (Å²) < 4.78 is 0. The van der Waals surface area contributed by atoms with Crippen molar-refractivity contribution >= 4 is 9.52 Å². The van der Waals surface area contributed by atoms with Gasteiger partial charge in [0.05, 0.1) is 0 Å². The quantitative estimate of drug-likeness (QED) is 0.260. The number of halogens is 2. The smallest absolute Gasteiger partial charge is 0.0307 e. The third kappa shape index (κ3) is 50.0. The second kappa shape index (κ2) is 36.4. The van der Waals surface area contributed by atoms with Gasteiger partial charge in [0.1, 0.15) is 0 Å². The predicted octanol–water partition coefficient (Wildman–Crippen LogP) is -5.21. The molecule has 0 aromatic carbocycles. The Balaban J connectivity index is -0.00000000333. The van der Waals surface area contributed by atoms with Crippen molar-refractivity contribution in [1.82, 2.24) is 0 Å². The molecule has 0 amide bonds. The van der Waals surface area contributed by atoms with E-state index in [1.807, 2.05) is 0 Å². The van der Waals surface area contributed by atoms with Crippen LogP contribution in [0, 0.1) is 0 Å². The van der Waals surface area contributed by atoms with E-state index in [-0.39, 0.29) is 86.9 Å². The van der Waals surface area contributed by atoms with E-state index in [0.717, 1.165) is 9.52 Å². The van der Waals surface area contributed by atoms with Crippen LogP contribution in [0.15, 0.2) is 0 Å². The maximum atomic E-state index is 2.15. The van der Waals surface area contributed by atoms with Crippen molar-refractivity contribution in [1.29, 1.82) is 0 Å². The van der Waals surface area contributed by atoms with Gasteiger partial charge in [-0.1, -0.05) is 13.1 Å². The van der Waals surface area contributed by atoms with Gasteiger partial charge in [-0.3, -0.25) is 0 Å². The third-order valence-electron chi connectivity index (χ3n) is 0. The minimum absolute atomic E-state index is 0. The normalized spacial score (nSPS) is 2.57. The van der Waals surface area contributed by atoms with Gasteiger partial charge in [0.25, 0.3) is 0 Å². The minimum atomic E-state index is 0. The second-order valence-electron chi connectivity index (χ2n) is 0.500. The van der Waals surface area contributed by atoms with Crippen molar-refractivity contribution in [3.63, 3.8) is 0 Å². The Kier molecular flexibility index (Phi) is 169. The first-order valence-electron chi connectivity index (χ1n) is 1.00. The zero-order chi connectivity index (χ0) is 2.71. The third-order valence-corrected chi connectivity index (χ3v) is 0. The maximum absolute atomic E-state index is 2.15. The second-order valence-corrected chi connectivity index (χ2v) is 1.50. The van der Waals surface area contributed by atoms with Crippen molar-refractivity contribution in [2.45, 2.75) is 13.1 Å². The van der Waals surface area contributed by atoms with E-state index in [9.17, 15) is 0 Å². The number of rotatable bonds is 0. The molecule has 0 aliphatic rings. The van der Waals surface area contributed by atoms with E-state index in [0.29, 0.717) is 0 Å². The fourth-order valence-corrected chi connectivity index (χ4v) is 0. The van der Waals surface area contributed by atoms with Crippen molar-refractivity contribution in [2.75, 3.05) is 0 Å². The summed E-state index contributed by atoms with van der Waals surface area (Å²) in [6.45, 7) is 4.31. The van der Waals surface area contributed by atoms with Gasteiger partial charge in [-0.2, -0.15) is 0 Å². The van der Waals surface area contributed by atoms with Crippen LogP contribution in [-0.4, -0.2) is 9.52 Å². The Labute approximate surface area is 108 Å². The molecule has 0 N–H and O–H groups in total. The molecule has 0 fully saturated rings. The first-order valence-corrected chi connectivity index (χ1v) is 3.00. The van der Waals surface area contributed by atoms with E-state index < -0.39 is 0 Å². The van der Waals surface area contributed by atoms with Crippen molar-refractivity contribution in [3.05, 3.63) is 0 Å². The molecular formula is C2H6I2SiZn2-2. The van der Waals surface area contributed by atoms with Crippen LogP contribution in [0.25, 0.3) is 0 Å². The summed E-state index contributed by atoms with van der Waals surface area (Å²) in [5.41, 5.74) is 0. The van der Waals surface area contributed by atoms with E-state index >= 15 is 0 Å². The molecule has 2 radical (unpaired) electrons.